The Labute approximate surface area is 125 Å². The van der Waals surface area contributed by atoms with E-state index in [1.165, 1.54) is 18.2 Å². The summed E-state index contributed by atoms with van der Waals surface area (Å²) in [5.41, 5.74) is 0.182. The first-order valence-electron chi connectivity index (χ1n) is 5.28. The van der Waals surface area contributed by atoms with Gasteiger partial charge in [-0.2, -0.15) is 0 Å². The number of nitro groups is 1. The number of aromatic nitrogens is 2. The summed E-state index contributed by atoms with van der Waals surface area (Å²) in [5.74, 6) is -0.481. The molecule has 0 saturated carbocycles. The summed E-state index contributed by atoms with van der Waals surface area (Å²) in [6.45, 7) is 0. The van der Waals surface area contributed by atoms with Crippen LogP contribution in [0.1, 0.15) is 9.80 Å². The van der Waals surface area contributed by atoms with Crippen molar-refractivity contribution in [2.45, 2.75) is 0 Å². The molecule has 0 fully saturated rings. The third kappa shape index (κ3) is 3.08. The number of carbonyl (C=O) groups excluding carboxylic acids is 1. The van der Waals surface area contributed by atoms with E-state index in [4.69, 9.17) is 0 Å². The highest BCUT2D eigenvalue weighted by atomic mass is 79.9. The second kappa shape index (κ2) is 5.92. The van der Waals surface area contributed by atoms with Gasteiger partial charge in [-0.25, -0.2) is 0 Å². The Morgan fingerprint density at radius 1 is 1.45 bits per heavy atom. The number of rotatable bonds is 4. The summed E-state index contributed by atoms with van der Waals surface area (Å²) in [7, 11) is 1.67. The molecule has 0 aliphatic heterocycles. The van der Waals surface area contributed by atoms with Gasteiger partial charge in [0, 0.05) is 23.7 Å². The fourth-order valence-electron chi connectivity index (χ4n) is 1.31. The summed E-state index contributed by atoms with van der Waals surface area (Å²) in [5, 5.41) is 24.2. The molecule has 2 rings (SSSR count). The van der Waals surface area contributed by atoms with Gasteiger partial charge in [-0.05, 0) is 22.0 Å². The van der Waals surface area contributed by atoms with E-state index < -0.39 is 10.8 Å². The van der Waals surface area contributed by atoms with Gasteiger partial charge in [0.1, 0.15) is 0 Å². The summed E-state index contributed by atoms with van der Waals surface area (Å²) >= 11 is 4.30. The largest absolute Gasteiger partial charge is 0.363 e. The molecular weight excluding hydrogens is 350 g/mol. The monoisotopic (exact) mass is 357 g/mol. The van der Waals surface area contributed by atoms with E-state index in [0.717, 1.165) is 11.3 Å². The van der Waals surface area contributed by atoms with Crippen LogP contribution in [0.15, 0.2) is 22.7 Å². The van der Waals surface area contributed by atoms with E-state index >= 15 is 0 Å². The van der Waals surface area contributed by atoms with Crippen molar-refractivity contribution < 1.29 is 9.72 Å². The van der Waals surface area contributed by atoms with Crippen LogP contribution in [-0.4, -0.2) is 28.1 Å². The molecule has 0 saturated heterocycles. The number of amides is 1. The van der Waals surface area contributed by atoms with Crippen LogP contribution in [0.25, 0.3) is 0 Å². The topological polar surface area (TPSA) is 110 Å². The Morgan fingerprint density at radius 2 is 2.20 bits per heavy atom. The fraction of sp³-hybridized carbons (Fsp3) is 0.100. The second-order valence-electron chi connectivity index (χ2n) is 3.54. The molecule has 1 heterocycles. The third-order valence-corrected chi connectivity index (χ3v) is 3.87. The zero-order valence-electron chi connectivity index (χ0n) is 10.1. The van der Waals surface area contributed by atoms with Crippen molar-refractivity contribution in [3.63, 3.8) is 0 Å². The molecule has 0 bridgehead atoms. The van der Waals surface area contributed by atoms with Crippen molar-refractivity contribution in [3.05, 3.63) is 37.8 Å². The minimum Gasteiger partial charge on any atom is -0.363 e. The van der Waals surface area contributed by atoms with Crippen molar-refractivity contribution in [1.29, 1.82) is 0 Å². The fourth-order valence-corrected chi connectivity index (χ4v) is 2.25. The second-order valence-corrected chi connectivity index (χ2v) is 5.37. The molecule has 20 heavy (non-hydrogen) atoms. The number of carbonyl (C=O) groups is 1. The Bertz CT molecular complexity index is 675. The maximum Gasteiger partial charge on any atom is 0.286 e. The first kappa shape index (κ1) is 14.3. The molecule has 8 nitrogen and oxygen atoms in total. The van der Waals surface area contributed by atoms with Crippen LogP contribution in [0, 0.1) is 10.1 Å². The van der Waals surface area contributed by atoms with Crippen molar-refractivity contribution in [1.82, 2.24) is 10.2 Å². The normalized spacial score (nSPS) is 10.1. The predicted molar refractivity (Wildman–Crippen MR) is 78.2 cm³/mol. The molecular formula is C10H8BrN5O3S. The number of nitrogens with one attached hydrogen (secondary N) is 2. The van der Waals surface area contributed by atoms with Gasteiger partial charge in [-0.1, -0.05) is 11.3 Å². The van der Waals surface area contributed by atoms with Gasteiger partial charge in [0.2, 0.25) is 10.1 Å². The zero-order valence-corrected chi connectivity index (χ0v) is 12.5. The van der Waals surface area contributed by atoms with Crippen molar-refractivity contribution in [2.24, 2.45) is 0 Å². The minimum atomic E-state index is -0.536. The van der Waals surface area contributed by atoms with Crippen molar-refractivity contribution in [2.75, 3.05) is 17.7 Å². The lowest BCUT2D eigenvalue weighted by Gasteiger charge is -2.05. The molecule has 2 N–H and O–H groups in total. The van der Waals surface area contributed by atoms with Crippen LogP contribution in [0.5, 0.6) is 0 Å². The molecule has 2 aromatic rings. The molecule has 0 aliphatic rings. The van der Waals surface area contributed by atoms with E-state index in [1.807, 2.05) is 0 Å². The minimum absolute atomic E-state index is 0.114. The first-order chi connectivity index (χ1) is 9.51. The van der Waals surface area contributed by atoms with Crippen LogP contribution in [0.4, 0.5) is 16.5 Å². The lowest BCUT2D eigenvalue weighted by molar-refractivity contribution is -0.384. The average molecular weight is 358 g/mol. The molecule has 1 aromatic heterocycles. The predicted octanol–water partition coefficient (Wildman–Crippen LogP) is 2.50. The quantitative estimate of drug-likeness (QED) is 0.642. The highest BCUT2D eigenvalue weighted by Gasteiger charge is 2.16. The van der Waals surface area contributed by atoms with Crippen LogP contribution < -0.4 is 10.6 Å². The Morgan fingerprint density at radius 3 is 2.80 bits per heavy atom. The van der Waals surface area contributed by atoms with Crippen LogP contribution >= 0.6 is 27.3 Å². The highest BCUT2D eigenvalue weighted by molar-refractivity contribution is 9.10. The number of hydrogen-bond acceptors (Lipinski definition) is 7. The van der Waals surface area contributed by atoms with Crippen LogP contribution in [0.2, 0.25) is 0 Å². The molecule has 0 radical (unpaired) electrons. The van der Waals surface area contributed by atoms with Gasteiger partial charge in [0.25, 0.3) is 11.6 Å². The number of hydrogen-bond donors (Lipinski definition) is 2. The number of nitro benzene ring substituents is 1. The van der Waals surface area contributed by atoms with Gasteiger partial charge in [0.05, 0.1) is 10.6 Å². The zero-order chi connectivity index (χ0) is 14.7. The number of nitrogens with zero attached hydrogens (tertiary/aromatic N) is 3. The molecule has 0 aliphatic carbocycles. The summed E-state index contributed by atoms with van der Waals surface area (Å²) in [6, 6.07) is 4.10. The van der Waals surface area contributed by atoms with Crippen molar-refractivity contribution >= 4 is 49.7 Å². The summed E-state index contributed by atoms with van der Waals surface area (Å²) < 4.78 is 0.537. The first-order valence-corrected chi connectivity index (χ1v) is 6.88. The molecule has 0 unspecified atom stereocenters. The van der Waals surface area contributed by atoms with E-state index in [2.05, 4.69) is 36.8 Å². The lowest BCUT2D eigenvalue weighted by atomic mass is 10.3. The summed E-state index contributed by atoms with van der Waals surface area (Å²) in [4.78, 5) is 22.1. The van der Waals surface area contributed by atoms with E-state index in [-0.39, 0.29) is 10.7 Å². The molecule has 0 atom stereocenters. The molecule has 1 aromatic carbocycles. The lowest BCUT2D eigenvalue weighted by Crippen LogP contribution is -2.12. The maximum atomic E-state index is 12.0. The summed E-state index contributed by atoms with van der Waals surface area (Å²) in [6.07, 6.45) is 0. The van der Waals surface area contributed by atoms with Crippen LogP contribution in [0.3, 0.4) is 0 Å². The Kier molecular flexibility index (Phi) is 4.25. The number of non-ortho nitro benzene ring substituents is 1. The van der Waals surface area contributed by atoms with Gasteiger partial charge < -0.3 is 10.6 Å². The van der Waals surface area contributed by atoms with E-state index in [0.29, 0.717) is 15.3 Å². The molecule has 10 heteroatoms. The molecule has 0 spiro atoms. The smallest absolute Gasteiger partial charge is 0.286 e. The Balaban J connectivity index is 2.22. The van der Waals surface area contributed by atoms with Crippen LogP contribution in [-0.2, 0) is 0 Å². The number of anilines is 2. The van der Waals surface area contributed by atoms with Crippen molar-refractivity contribution in [3.8, 4) is 0 Å². The van der Waals surface area contributed by atoms with Gasteiger partial charge in [0.15, 0.2) is 0 Å². The average Bonchev–Trinajstić information content (AvgIpc) is 2.89. The molecule has 104 valence electrons. The van der Waals surface area contributed by atoms with Gasteiger partial charge >= 0.3 is 0 Å². The Hall–Kier alpha value is -2.07. The number of benzene rings is 1. The standard InChI is InChI=1S/C10H8BrN5O3S/c1-12-10-15-14-9(20-10)8(17)13-7-4-5(16(18)19)2-3-6(7)11/h2-4H,1H3,(H,12,15)(H,13,17). The third-order valence-electron chi connectivity index (χ3n) is 2.24. The number of halogens is 1. The SMILES string of the molecule is CNc1nnc(C(=O)Nc2cc([N+](=O)[O-])ccc2Br)s1. The highest BCUT2D eigenvalue weighted by Crippen LogP contribution is 2.28. The van der Waals surface area contributed by atoms with Gasteiger partial charge in [-0.15, -0.1) is 10.2 Å². The van der Waals surface area contributed by atoms with E-state index in [9.17, 15) is 14.9 Å². The molecule has 1 amide bonds. The maximum absolute atomic E-state index is 12.0. The van der Waals surface area contributed by atoms with Gasteiger partial charge in [-0.3, -0.25) is 14.9 Å². The van der Waals surface area contributed by atoms with E-state index in [1.54, 1.807) is 7.05 Å².